The van der Waals surface area contributed by atoms with E-state index in [1.807, 2.05) is 39.6 Å². The molecule has 0 bridgehead atoms. The Bertz CT molecular complexity index is 2330. The maximum atomic E-state index is 14.3. The summed E-state index contributed by atoms with van der Waals surface area (Å²) in [6.45, 7) is 16.2. The highest BCUT2D eigenvalue weighted by Crippen LogP contribution is 2.32. The Hall–Kier alpha value is -6.69. The van der Waals surface area contributed by atoms with Gasteiger partial charge in [-0.05, 0) is 82.7 Å². The molecule has 3 rings (SSSR count). The lowest BCUT2D eigenvalue weighted by Gasteiger charge is -2.38. The van der Waals surface area contributed by atoms with Crippen molar-refractivity contribution in [3.8, 4) is 5.75 Å². The largest absolute Gasteiger partial charge is 0.506 e. The van der Waals surface area contributed by atoms with Crippen molar-refractivity contribution in [3.63, 3.8) is 0 Å². The standard InChI is InChI=1S/C50H76N10O13S/c1-13-26(4)41(58-46(68)37-16-14-15-19-59(37)11)49(70)60(12)38(25(2)3)23-40(73-32(10)63)48-57-36(24-74-48)45(67)55-34(20-27(5)50(71)72)21-33-17-18-39(64)35(22-33)56-44(66)29(7)51-43(65)28(6)52-47(69)42(53-30(8)61)54-31(9)62/h17-18,22,24-29,34,37-38,40-42,64H,13-16,19-21,23H2,1-12H3,(H,51,65)(H,52,69)(H,53,61)(H,54,62)(H,55,67)(H,56,66)(H,58,68)(H,71,72)/t26-,27?,28-,29-,34+,37+,38+,40+,41-/m0/s1. The van der Waals surface area contributed by atoms with Crippen LogP contribution in [0.1, 0.15) is 135 Å². The van der Waals surface area contributed by atoms with E-state index in [4.69, 9.17) is 4.74 Å². The topological polar surface area (TPSA) is 324 Å². The van der Waals surface area contributed by atoms with Crippen LogP contribution in [0.5, 0.6) is 5.75 Å². The number of phenolic OH excluding ortho intramolecular Hbond substituents is 1. The highest BCUT2D eigenvalue weighted by atomic mass is 32.1. The van der Waals surface area contributed by atoms with Crippen LogP contribution < -0.4 is 37.2 Å². The molecule has 9 N–H and O–H groups in total. The van der Waals surface area contributed by atoms with Crippen LogP contribution >= 0.6 is 11.3 Å². The number of rotatable bonds is 26. The number of carbonyl (C=O) groups is 10. The summed E-state index contributed by atoms with van der Waals surface area (Å²) in [5.74, 6) is -8.18. The number of likely N-dealkylation sites (tertiary alicyclic amines) is 1. The van der Waals surface area contributed by atoms with Gasteiger partial charge in [-0.15, -0.1) is 11.3 Å². The van der Waals surface area contributed by atoms with Crippen molar-refractivity contribution in [1.29, 1.82) is 0 Å². The minimum absolute atomic E-state index is 0.0208. The molecule has 1 unspecified atom stereocenters. The van der Waals surface area contributed by atoms with E-state index in [0.717, 1.165) is 44.6 Å². The number of carboxylic acid groups (broad SMARTS) is 1. The molecule has 74 heavy (non-hydrogen) atoms. The lowest BCUT2D eigenvalue weighted by atomic mass is 9.92. The molecule has 1 saturated heterocycles. The van der Waals surface area contributed by atoms with Crippen LogP contribution in [0.2, 0.25) is 0 Å². The average molecular weight is 1060 g/mol. The first-order chi connectivity index (χ1) is 34.6. The first-order valence-corrected chi connectivity index (χ1v) is 25.7. The average Bonchev–Trinajstić information content (AvgIpc) is 3.82. The smallest absolute Gasteiger partial charge is 0.306 e. The molecular formula is C50H76N10O13S. The number of phenols is 1. The Morgan fingerprint density at radius 2 is 1.46 bits per heavy atom. The number of amides is 8. The Kier molecular flexibility index (Phi) is 23.9. The number of nitrogens with one attached hydrogen (secondary N) is 7. The lowest BCUT2D eigenvalue weighted by molar-refractivity contribution is -0.149. The molecule has 2 heterocycles. The Labute approximate surface area is 436 Å². The quantitative estimate of drug-likeness (QED) is 0.0371. The summed E-state index contributed by atoms with van der Waals surface area (Å²) in [7, 11) is 3.57. The number of aromatic nitrogens is 1. The molecule has 1 fully saturated rings. The van der Waals surface area contributed by atoms with Gasteiger partial charge >= 0.3 is 11.9 Å². The predicted molar refractivity (Wildman–Crippen MR) is 274 cm³/mol. The molecular weight excluding hydrogens is 981 g/mol. The van der Waals surface area contributed by atoms with Crippen LogP contribution in [-0.4, -0.2) is 147 Å². The number of likely N-dealkylation sites (N-methyl/N-ethyl adjacent to an activating group) is 2. The number of ether oxygens (including phenoxy) is 1. The fraction of sp³-hybridized carbons (Fsp3) is 0.620. The zero-order valence-corrected chi connectivity index (χ0v) is 45.3. The second-order valence-electron chi connectivity index (χ2n) is 19.5. The van der Waals surface area contributed by atoms with Gasteiger partial charge in [0.15, 0.2) is 12.3 Å². The number of aromatic hydroxyl groups is 1. The van der Waals surface area contributed by atoms with Crippen LogP contribution in [0.3, 0.4) is 0 Å². The molecule has 1 aliphatic heterocycles. The molecule has 0 radical (unpaired) electrons. The van der Waals surface area contributed by atoms with E-state index >= 15 is 0 Å². The number of piperidine rings is 1. The Balaban J connectivity index is 1.79. The number of aliphatic carboxylic acids is 1. The fourth-order valence-corrected chi connectivity index (χ4v) is 9.25. The molecule has 24 heteroatoms. The SMILES string of the molecule is CC[C@H](C)[C@H](NC(=O)[C@H]1CCCCN1C)C(=O)N(C)[C@H](C[C@@H](OC(C)=O)c1nc(C(=O)N[C@@H](Cc2ccc(O)c(NC(=O)[C@H](C)NC(=O)[C@H](C)NC(=O)C(NC(C)=O)NC(C)=O)c2)CC(C)C(=O)O)cs1)C(C)C. The van der Waals surface area contributed by atoms with E-state index in [2.05, 4.69) is 42.2 Å². The van der Waals surface area contributed by atoms with E-state index in [1.54, 1.807) is 11.9 Å². The molecule has 2 aromatic rings. The van der Waals surface area contributed by atoms with Gasteiger partial charge in [0.2, 0.25) is 35.4 Å². The van der Waals surface area contributed by atoms with E-state index in [1.165, 1.54) is 51.3 Å². The molecule has 8 amide bonds. The number of carbonyl (C=O) groups excluding carboxylic acids is 9. The summed E-state index contributed by atoms with van der Waals surface area (Å²) in [5.41, 5.74) is 0.349. The minimum atomic E-state index is -1.46. The number of benzene rings is 1. The van der Waals surface area contributed by atoms with Gasteiger partial charge < -0.3 is 57.1 Å². The number of thiazole rings is 1. The summed E-state index contributed by atoms with van der Waals surface area (Å²) < 4.78 is 5.79. The first kappa shape index (κ1) is 61.6. The third-order valence-electron chi connectivity index (χ3n) is 12.9. The molecule has 1 aliphatic rings. The molecule has 0 spiro atoms. The summed E-state index contributed by atoms with van der Waals surface area (Å²) in [6, 6.07) is -0.687. The van der Waals surface area contributed by atoms with E-state index in [-0.39, 0.29) is 71.1 Å². The Morgan fingerprint density at radius 1 is 0.838 bits per heavy atom. The zero-order valence-electron chi connectivity index (χ0n) is 44.5. The number of anilines is 1. The molecule has 23 nitrogen and oxygen atoms in total. The molecule has 1 aromatic carbocycles. The van der Waals surface area contributed by atoms with Crippen molar-refractivity contribution in [3.05, 3.63) is 39.8 Å². The molecule has 0 saturated carbocycles. The van der Waals surface area contributed by atoms with Gasteiger partial charge in [0.05, 0.1) is 17.6 Å². The third-order valence-corrected chi connectivity index (χ3v) is 13.9. The van der Waals surface area contributed by atoms with Crippen molar-refractivity contribution in [2.45, 2.75) is 163 Å². The van der Waals surface area contributed by atoms with E-state index in [0.29, 0.717) is 18.4 Å². The molecule has 0 aliphatic carbocycles. The molecule has 9 atom stereocenters. The number of hydrogen-bond donors (Lipinski definition) is 9. The summed E-state index contributed by atoms with van der Waals surface area (Å²) in [4.78, 5) is 137. The van der Waals surface area contributed by atoms with E-state index < -0.39 is 95.8 Å². The highest BCUT2D eigenvalue weighted by Gasteiger charge is 2.38. The number of carboxylic acids is 1. The van der Waals surface area contributed by atoms with Gasteiger partial charge in [-0.3, -0.25) is 52.8 Å². The highest BCUT2D eigenvalue weighted by molar-refractivity contribution is 7.09. The normalized spacial score (nSPS) is 16.9. The van der Waals surface area contributed by atoms with E-state index in [9.17, 15) is 58.2 Å². The van der Waals surface area contributed by atoms with Crippen molar-refractivity contribution >= 4 is 76.2 Å². The van der Waals surface area contributed by atoms with Crippen LogP contribution in [0.25, 0.3) is 0 Å². The van der Waals surface area contributed by atoms with Gasteiger partial charge in [0, 0.05) is 51.7 Å². The van der Waals surface area contributed by atoms with Gasteiger partial charge in [-0.25, -0.2) is 4.98 Å². The van der Waals surface area contributed by atoms with Crippen molar-refractivity contribution in [2.24, 2.45) is 17.8 Å². The zero-order chi connectivity index (χ0) is 55.7. The molecule has 410 valence electrons. The maximum Gasteiger partial charge on any atom is 0.306 e. The maximum absolute atomic E-state index is 14.3. The number of esters is 1. The van der Waals surface area contributed by atoms with Gasteiger partial charge in [-0.2, -0.15) is 0 Å². The summed E-state index contributed by atoms with van der Waals surface area (Å²) in [5, 5.41) is 40.0. The number of hydrogen-bond acceptors (Lipinski definition) is 15. The van der Waals surface area contributed by atoms with Gasteiger partial charge in [-0.1, -0.05) is 53.5 Å². The van der Waals surface area contributed by atoms with Crippen molar-refractivity contribution in [2.75, 3.05) is 26.0 Å². The van der Waals surface area contributed by atoms with Crippen molar-refractivity contribution in [1.82, 2.24) is 46.7 Å². The third kappa shape index (κ3) is 18.7. The van der Waals surface area contributed by atoms with Crippen LogP contribution in [-0.2, 0) is 54.3 Å². The van der Waals surface area contributed by atoms with Gasteiger partial charge in [0.25, 0.3) is 11.8 Å². The molecule has 1 aromatic heterocycles. The van der Waals surface area contributed by atoms with Crippen LogP contribution in [0.4, 0.5) is 5.69 Å². The second kappa shape index (κ2) is 28.7. The number of nitrogens with zero attached hydrogens (tertiary/aromatic N) is 3. The van der Waals surface area contributed by atoms with Crippen molar-refractivity contribution < 1.29 is 62.9 Å². The predicted octanol–water partition coefficient (Wildman–Crippen LogP) is 2.34. The Morgan fingerprint density at radius 3 is 2.03 bits per heavy atom. The summed E-state index contributed by atoms with van der Waals surface area (Å²) in [6.07, 6.45) is 0.892. The minimum Gasteiger partial charge on any atom is -0.506 e. The monoisotopic (exact) mass is 1060 g/mol. The first-order valence-electron chi connectivity index (χ1n) is 24.8. The summed E-state index contributed by atoms with van der Waals surface area (Å²) >= 11 is 1.07. The van der Waals surface area contributed by atoms with Crippen LogP contribution in [0.15, 0.2) is 23.6 Å². The lowest BCUT2D eigenvalue weighted by Crippen LogP contribution is -2.59. The second-order valence-corrected chi connectivity index (χ2v) is 20.4. The fourth-order valence-electron chi connectivity index (χ4n) is 8.41. The van der Waals surface area contributed by atoms with Crippen LogP contribution in [0, 0.1) is 17.8 Å². The van der Waals surface area contributed by atoms with Gasteiger partial charge in [0.1, 0.15) is 34.6 Å².